The van der Waals surface area contributed by atoms with Gasteiger partial charge in [-0.25, -0.2) is 0 Å². The molecule has 0 aliphatic rings. The van der Waals surface area contributed by atoms with Crippen LogP contribution in [0.4, 0.5) is 5.69 Å². The minimum Gasteiger partial charge on any atom is -0.489 e. The van der Waals surface area contributed by atoms with Gasteiger partial charge in [0.15, 0.2) is 0 Å². The number of hydrogen-bond acceptors (Lipinski definition) is 3. The molecule has 23 heavy (non-hydrogen) atoms. The summed E-state index contributed by atoms with van der Waals surface area (Å²) < 4.78 is 5.72. The Morgan fingerprint density at radius 3 is 2.87 bits per heavy atom. The van der Waals surface area contributed by atoms with E-state index in [1.54, 1.807) is 30.5 Å². The number of nitrogens with zero attached hydrogens (tertiary/aromatic N) is 1. The van der Waals surface area contributed by atoms with E-state index >= 15 is 0 Å². The van der Waals surface area contributed by atoms with E-state index in [1.165, 1.54) is 6.20 Å². The van der Waals surface area contributed by atoms with E-state index < -0.39 is 0 Å². The molecule has 0 radical (unpaired) electrons. The first-order chi connectivity index (χ1) is 11.2. The monoisotopic (exact) mass is 327 g/mol. The fraction of sp³-hybridized carbons (Fsp3) is 0.0588. The molecule has 0 fully saturated rings. The highest BCUT2D eigenvalue weighted by Crippen LogP contribution is 2.18. The zero-order valence-corrected chi connectivity index (χ0v) is 12.9. The Labute approximate surface area is 138 Å². The van der Waals surface area contributed by atoms with Crippen molar-refractivity contribution in [3.8, 4) is 5.75 Å². The number of rotatable bonds is 5. The van der Waals surface area contributed by atoms with Gasteiger partial charge in [0.25, 0.3) is 5.91 Å². The van der Waals surface area contributed by atoms with Gasteiger partial charge in [0.05, 0.1) is 11.9 Å². The first-order valence-electron chi connectivity index (χ1n) is 6.98. The molecule has 3 rings (SSSR count). The zero-order chi connectivity index (χ0) is 16.1. The van der Waals surface area contributed by atoms with Crippen molar-refractivity contribution in [1.29, 1.82) is 0 Å². The number of benzene rings is 2. The largest absolute Gasteiger partial charge is 0.489 e. The predicted molar refractivity (Wildman–Crippen MR) is 88.8 cm³/mol. The average molecular weight is 328 g/mol. The maximum Gasteiger partial charge on any atom is 0.255 e. The number of carbonyl (C=O) groups excluding carboxylic acids is 1. The molecule has 5 nitrogen and oxygen atoms in total. The maximum atomic E-state index is 12.2. The van der Waals surface area contributed by atoms with Gasteiger partial charge in [-0.15, -0.1) is 0 Å². The Balaban J connectivity index is 1.66. The predicted octanol–water partition coefficient (Wildman–Crippen LogP) is 3.89. The summed E-state index contributed by atoms with van der Waals surface area (Å²) in [6.07, 6.45) is 3.15. The van der Waals surface area contributed by atoms with E-state index in [1.807, 2.05) is 24.3 Å². The number of hydrogen-bond donors (Lipinski definition) is 2. The van der Waals surface area contributed by atoms with E-state index in [9.17, 15) is 4.79 Å². The SMILES string of the molecule is O=C(Nc1cn[nH]c1)c1cccc(OCc2cccc(Cl)c2)c1. The second kappa shape index (κ2) is 6.98. The van der Waals surface area contributed by atoms with Crippen LogP contribution in [0.3, 0.4) is 0 Å². The number of nitrogens with one attached hydrogen (secondary N) is 2. The van der Waals surface area contributed by atoms with E-state index in [2.05, 4.69) is 15.5 Å². The molecule has 0 atom stereocenters. The van der Waals surface area contributed by atoms with Crippen molar-refractivity contribution in [3.63, 3.8) is 0 Å². The van der Waals surface area contributed by atoms with Crippen LogP contribution in [0.25, 0.3) is 0 Å². The Bertz CT molecular complexity index is 803. The van der Waals surface area contributed by atoms with Crippen molar-refractivity contribution in [2.75, 3.05) is 5.32 Å². The second-order valence-electron chi connectivity index (χ2n) is 4.89. The Morgan fingerprint density at radius 1 is 1.22 bits per heavy atom. The molecule has 0 saturated heterocycles. The van der Waals surface area contributed by atoms with E-state index in [0.717, 1.165) is 5.56 Å². The summed E-state index contributed by atoms with van der Waals surface area (Å²) in [7, 11) is 0. The minimum absolute atomic E-state index is 0.223. The Kier molecular flexibility index (Phi) is 4.59. The van der Waals surface area contributed by atoms with Crippen molar-refractivity contribution in [2.24, 2.45) is 0 Å². The fourth-order valence-electron chi connectivity index (χ4n) is 2.04. The van der Waals surface area contributed by atoms with Gasteiger partial charge in [0.2, 0.25) is 0 Å². The van der Waals surface area contributed by atoms with Gasteiger partial charge in [-0.3, -0.25) is 9.89 Å². The zero-order valence-electron chi connectivity index (χ0n) is 12.1. The van der Waals surface area contributed by atoms with Gasteiger partial charge in [0.1, 0.15) is 12.4 Å². The molecule has 0 unspecified atom stereocenters. The number of halogens is 1. The van der Waals surface area contributed by atoms with Gasteiger partial charge in [-0.1, -0.05) is 29.8 Å². The third-order valence-corrected chi connectivity index (χ3v) is 3.38. The molecule has 6 heteroatoms. The molecular weight excluding hydrogens is 314 g/mol. The van der Waals surface area contributed by atoms with Gasteiger partial charge >= 0.3 is 0 Å². The number of amides is 1. The number of H-pyrrole nitrogens is 1. The minimum atomic E-state index is -0.223. The highest BCUT2D eigenvalue weighted by atomic mass is 35.5. The second-order valence-corrected chi connectivity index (χ2v) is 5.32. The van der Waals surface area contributed by atoms with E-state index in [0.29, 0.717) is 28.6 Å². The molecule has 1 amide bonds. The lowest BCUT2D eigenvalue weighted by Gasteiger charge is -2.08. The summed E-state index contributed by atoms with van der Waals surface area (Å²) in [6.45, 7) is 0.382. The molecule has 0 saturated carbocycles. The summed E-state index contributed by atoms with van der Waals surface area (Å²) in [4.78, 5) is 12.2. The molecule has 2 N–H and O–H groups in total. The van der Waals surface area contributed by atoms with Crippen LogP contribution < -0.4 is 10.1 Å². The molecule has 2 aromatic carbocycles. The molecule has 1 heterocycles. The lowest BCUT2D eigenvalue weighted by atomic mass is 10.2. The lowest BCUT2D eigenvalue weighted by Crippen LogP contribution is -2.11. The highest BCUT2D eigenvalue weighted by Gasteiger charge is 2.08. The maximum absolute atomic E-state index is 12.2. The Morgan fingerprint density at radius 2 is 2.09 bits per heavy atom. The van der Waals surface area contributed by atoms with Crippen LogP contribution in [-0.2, 0) is 6.61 Å². The highest BCUT2D eigenvalue weighted by molar-refractivity contribution is 6.30. The van der Waals surface area contributed by atoms with Gasteiger partial charge < -0.3 is 10.1 Å². The Hall–Kier alpha value is -2.79. The van der Waals surface area contributed by atoms with Gasteiger partial charge in [0, 0.05) is 16.8 Å². The smallest absolute Gasteiger partial charge is 0.255 e. The molecule has 0 aliphatic heterocycles. The first kappa shape index (κ1) is 15.1. The average Bonchev–Trinajstić information content (AvgIpc) is 3.06. The summed E-state index contributed by atoms with van der Waals surface area (Å²) in [5.74, 6) is 0.393. The number of anilines is 1. The topological polar surface area (TPSA) is 67.0 Å². The summed E-state index contributed by atoms with van der Waals surface area (Å²) in [6, 6.07) is 14.5. The normalized spacial score (nSPS) is 10.3. The van der Waals surface area contributed by atoms with Crippen LogP contribution in [0.2, 0.25) is 5.02 Å². The van der Waals surface area contributed by atoms with Crippen molar-refractivity contribution in [3.05, 3.63) is 77.1 Å². The molecule has 0 spiro atoms. The molecule has 0 aliphatic carbocycles. The summed E-state index contributed by atoms with van der Waals surface area (Å²) in [5.41, 5.74) is 2.08. The number of aromatic amines is 1. The van der Waals surface area contributed by atoms with Crippen molar-refractivity contribution < 1.29 is 9.53 Å². The third-order valence-electron chi connectivity index (χ3n) is 3.15. The number of ether oxygens (including phenoxy) is 1. The van der Waals surface area contributed by atoms with Crippen LogP contribution in [0.5, 0.6) is 5.75 Å². The molecular formula is C17H14ClN3O2. The fourth-order valence-corrected chi connectivity index (χ4v) is 2.26. The van der Waals surface area contributed by atoms with Gasteiger partial charge in [-0.2, -0.15) is 5.10 Å². The lowest BCUT2D eigenvalue weighted by molar-refractivity contribution is 0.102. The van der Waals surface area contributed by atoms with Crippen LogP contribution in [0.15, 0.2) is 60.9 Å². The quantitative estimate of drug-likeness (QED) is 0.747. The van der Waals surface area contributed by atoms with Crippen LogP contribution >= 0.6 is 11.6 Å². The van der Waals surface area contributed by atoms with Crippen molar-refractivity contribution >= 4 is 23.2 Å². The number of aromatic nitrogens is 2. The van der Waals surface area contributed by atoms with E-state index in [-0.39, 0.29) is 5.91 Å². The first-order valence-corrected chi connectivity index (χ1v) is 7.36. The summed E-state index contributed by atoms with van der Waals surface area (Å²) in [5, 5.41) is 9.83. The van der Waals surface area contributed by atoms with Crippen LogP contribution in [-0.4, -0.2) is 16.1 Å². The number of carbonyl (C=O) groups is 1. The molecule has 0 bridgehead atoms. The van der Waals surface area contributed by atoms with Crippen LogP contribution in [0, 0.1) is 0 Å². The molecule has 3 aromatic rings. The molecule has 116 valence electrons. The van der Waals surface area contributed by atoms with Crippen molar-refractivity contribution in [1.82, 2.24) is 10.2 Å². The standard InChI is InChI=1S/C17H14ClN3O2/c18-14-5-1-3-12(7-14)11-23-16-6-2-4-13(8-16)17(22)21-15-9-19-20-10-15/h1-10H,11H2,(H,19,20)(H,21,22). The van der Waals surface area contributed by atoms with Crippen molar-refractivity contribution in [2.45, 2.75) is 6.61 Å². The third kappa shape index (κ3) is 4.11. The summed E-state index contributed by atoms with van der Waals surface area (Å²) >= 11 is 5.94. The van der Waals surface area contributed by atoms with E-state index in [4.69, 9.17) is 16.3 Å². The molecule has 1 aromatic heterocycles. The van der Waals surface area contributed by atoms with Gasteiger partial charge in [-0.05, 0) is 35.9 Å². The van der Waals surface area contributed by atoms with Crippen LogP contribution in [0.1, 0.15) is 15.9 Å².